The molecule has 0 radical (unpaired) electrons. The predicted molar refractivity (Wildman–Crippen MR) is 117 cm³/mol. The molecule has 0 unspecified atom stereocenters. The number of hydrogen-bond acceptors (Lipinski definition) is 11. The number of phenols is 3. The van der Waals surface area contributed by atoms with Gasteiger partial charge in [-0.3, -0.25) is 4.79 Å². The molecule has 35 heavy (non-hydrogen) atoms. The maximum atomic E-state index is 11.3. The van der Waals surface area contributed by atoms with Crippen molar-refractivity contribution in [3.8, 4) is 40.1 Å². The summed E-state index contributed by atoms with van der Waals surface area (Å²) < 4.78 is 22.0. The lowest BCUT2D eigenvalue weighted by molar-refractivity contribution is -0.277. The van der Waals surface area contributed by atoms with E-state index in [1.807, 2.05) is 0 Å². The summed E-state index contributed by atoms with van der Waals surface area (Å²) >= 11 is 0. The maximum Gasteiger partial charge on any atom is 0.402 e. The van der Waals surface area contributed by atoms with Gasteiger partial charge in [0.05, 0.1) is 18.2 Å². The molecular weight excluding hydrogens is 468 g/mol. The number of carbonyl (C=O) groups is 1. The molecule has 1 aliphatic heterocycles. The van der Waals surface area contributed by atoms with Gasteiger partial charge in [0, 0.05) is 25.1 Å². The second-order valence-corrected chi connectivity index (χ2v) is 7.91. The molecule has 12 nitrogen and oxygen atoms in total. The van der Waals surface area contributed by atoms with Crippen molar-refractivity contribution >= 4 is 16.9 Å². The third kappa shape index (κ3) is 4.78. The summed E-state index contributed by atoms with van der Waals surface area (Å²) in [6.45, 7) is 0.506. The molecule has 1 aromatic heterocycles. The van der Waals surface area contributed by atoms with Gasteiger partial charge in [-0.15, -0.1) is 0 Å². The number of fused-ring (bicyclic) bond motifs is 1. The van der Waals surface area contributed by atoms with Crippen LogP contribution in [0.4, 0.5) is 0 Å². The van der Waals surface area contributed by atoms with E-state index in [0.717, 1.165) is 6.07 Å². The van der Waals surface area contributed by atoms with Crippen molar-refractivity contribution in [3.63, 3.8) is 0 Å². The number of benzene rings is 2. The van der Waals surface area contributed by atoms with Crippen molar-refractivity contribution in [2.45, 2.75) is 37.6 Å². The van der Waals surface area contributed by atoms with Gasteiger partial charge in [0.1, 0.15) is 41.3 Å². The minimum absolute atomic E-state index is 0.00615. The van der Waals surface area contributed by atoms with Crippen molar-refractivity contribution in [1.29, 1.82) is 0 Å². The Morgan fingerprint density at radius 3 is 2.37 bits per heavy atom. The third-order valence-corrected chi connectivity index (χ3v) is 5.40. The van der Waals surface area contributed by atoms with E-state index >= 15 is 0 Å². The zero-order chi connectivity index (χ0) is 25.4. The molecule has 1 aliphatic rings. The molecule has 1 saturated heterocycles. The van der Waals surface area contributed by atoms with Gasteiger partial charge in [-0.25, -0.2) is 4.42 Å². The van der Waals surface area contributed by atoms with Crippen LogP contribution in [0.2, 0.25) is 0 Å². The zero-order valence-corrected chi connectivity index (χ0v) is 18.2. The molecule has 0 spiro atoms. The Kier molecular flexibility index (Phi) is 6.65. The van der Waals surface area contributed by atoms with Gasteiger partial charge in [0.15, 0.2) is 11.5 Å². The Bertz CT molecular complexity index is 1260. The number of aliphatic hydroxyl groups excluding tert-OH is 4. The number of rotatable bonds is 5. The summed E-state index contributed by atoms with van der Waals surface area (Å²) in [5, 5.41) is 70.1. The Labute approximate surface area is 197 Å². The van der Waals surface area contributed by atoms with Crippen molar-refractivity contribution in [3.05, 3.63) is 36.4 Å². The van der Waals surface area contributed by atoms with E-state index < -0.39 is 54.8 Å². The highest BCUT2D eigenvalue weighted by Crippen LogP contribution is 2.42. The predicted octanol–water partition coefficient (Wildman–Crippen LogP) is 0.602. The van der Waals surface area contributed by atoms with Crippen LogP contribution < -0.4 is 9.47 Å². The largest absolute Gasteiger partial charge is 0.507 e. The SMILES string of the molecule is CC(=O)Oc1cc(O)c2cc(O[C@@H]3O[C@H](CO)[C@@H](O)[C@H](O)[C@H]3O)c(-c3ccc(O)c(O)c3)[o+]c2c1. The first-order chi connectivity index (χ1) is 16.6. The molecular formula is C23H23O12+. The van der Waals surface area contributed by atoms with Gasteiger partial charge in [-0.2, -0.15) is 0 Å². The number of ether oxygens (including phenoxy) is 3. The molecule has 2 heterocycles. The van der Waals surface area contributed by atoms with E-state index in [4.69, 9.17) is 18.6 Å². The number of hydrogen-bond donors (Lipinski definition) is 7. The van der Waals surface area contributed by atoms with Crippen LogP contribution in [0.25, 0.3) is 22.3 Å². The zero-order valence-electron chi connectivity index (χ0n) is 18.2. The fourth-order valence-electron chi connectivity index (χ4n) is 3.64. The second-order valence-electron chi connectivity index (χ2n) is 7.91. The summed E-state index contributed by atoms with van der Waals surface area (Å²) in [4.78, 5) is 11.3. The Balaban J connectivity index is 1.84. The molecule has 0 aliphatic carbocycles. The van der Waals surface area contributed by atoms with E-state index in [9.17, 15) is 40.5 Å². The molecule has 7 N–H and O–H groups in total. The fraction of sp³-hybridized carbons (Fsp3) is 0.304. The van der Waals surface area contributed by atoms with E-state index in [0.29, 0.717) is 0 Å². The molecule has 0 saturated carbocycles. The van der Waals surface area contributed by atoms with Crippen molar-refractivity contribution < 1.29 is 59.2 Å². The lowest BCUT2D eigenvalue weighted by Crippen LogP contribution is -2.60. The summed E-state index contributed by atoms with van der Waals surface area (Å²) in [6.07, 6.45) is -7.86. The van der Waals surface area contributed by atoms with Crippen LogP contribution in [0.5, 0.6) is 28.7 Å². The van der Waals surface area contributed by atoms with Crippen molar-refractivity contribution in [1.82, 2.24) is 0 Å². The van der Waals surface area contributed by atoms with Crippen LogP contribution in [-0.4, -0.2) is 79.0 Å². The summed E-state index contributed by atoms with van der Waals surface area (Å²) in [6, 6.07) is 7.55. The highest BCUT2D eigenvalue weighted by Gasteiger charge is 2.45. The maximum absolute atomic E-state index is 11.3. The highest BCUT2D eigenvalue weighted by molar-refractivity contribution is 5.89. The number of carbonyl (C=O) groups excluding carboxylic acids is 1. The van der Waals surface area contributed by atoms with Gasteiger partial charge in [0.2, 0.25) is 12.0 Å². The second kappa shape index (κ2) is 9.52. The van der Waals surface area contributed by atoms with Gasteiger partial charge in [-0.05, 0) is 12.1 Å². The van der Waals surface area contributed by atoms with Gasteiger partial charge < -0.3 is 50.0 Å². The molecule has 3 aromatic rings. The average Bonchev–Trinajstić information content (AvgIpc) is 2.80. The van der Waals surface area contributed by atoms with Gasteiger partial charge in [-0.1, -0.05) is 0 Å². The first kappa shape index (κ1) is 24.4. The van der Waals surface area contributed by atoms with E-state index in [1.165, 1.54) is 37.3 Å². The number of aliphatic hydroxyl groups is 4. The Morgan fingerprint density at radius 2 is 1.71 bits per heavy atom. The Hall–Kier alpha value is -3.68. The minimum Gasteiger partial charge on any atom is -0.507 e. The standard InChI is InChI=1S/C23H22O12/c1-9(25)32-11-5-14(27)12-7-17(34-23-21(31)20(30)19(29)18(8-24)35-23)22(33-16(12)6-11)10-2-3-13(26)15(28)4-10/h2-7,18-21,23-24,29-31H,8H2,1H3,(H2-,26,27,28)/p+1/t18-,19-,20+,21-,23-/m1/s1. The molecule has 0 amide bonds. The van der Waals surface area contributed by atoms with E-state index in [2.05, 4.69) is 0 Å². The smallest absolute Gasteiger partial charge is 0.402 e. The topological polar surface area (TPSA) is 198 Å². The van der Waals surface area contributed by atoms with Gasteiger partial charge >= 0.3 is 17.3 Å². The first-order valence-electron chi connectivity index (χ1n) is 10.4. The molecule has 186 valence electrons. The van der Waals surface area contributed by atoms with E-state index in [1.54, 1.807) is 0 Å². The van der Waals surface area contributed by atoms with Crippen LogP contribution in [0, 0.1) is 0 Å². The quantitative estimate of drug-likeness (QED) is 0.114. The molecule has 4 rings (SSSR count). The number of aromatic hydroxyl groups is 3. The number of phenolic OH excluding ortho intramolecular Hbond substituents is 3. The van der Waals surface area contributed by atoms with Gasteiger partial charge in [0.25, 0.3) is 0 Å². The first-order valence-corrected chi connectivity index (χ1v) is 10.4. The lowest BCUT2D eigenvalue weighted by Gasteiger charge is -2.39. The molecule has 5 atom stereocenters. The van der Waals surface area contributed by atoms with E-state index in [-0.39, 0.29) is 39.5 Å². The third-order valence-electron chi connectivity index (χ3n) is 5.40. The molecule has 12 heteroatoms. The monoisotopic (exact) mass is 491 g/mol. The van der Waals surface area contributed by atoms with Crippen LogP contribution in [-0.2, 0) is 9.53 Å². The normalized spacial score (nSPS) is 24.3. The number of esters is 1. The lowest BCUT2D eigenvalue weighted by atomic mass is 9.99. The van der Waals surface area contributed by atoms with Crippen LogP contribution in [0.1, 0.15) is 6.92 Å². The minimum atomic E-state index is -1.73. The van der Waals surface area contributed by atoms with Crippen molar-refractivity contribution in [2.24, 2.45) is 0 Å². The fourth-order valence-corrected chi connectivity index (χ4v) is 3.64. The molecule has 1 fully saturated rings. The summed E-state index contributed by atoms with van der Waals surface area (Å²) in [5.41, 5.74) is 0.240. The summed E-state index contributed by atoms with van der Waals surface area (Å²) in [5.74, 6) is -2.06. The average molecular weight is 491 g/mol. The van der Waals surface area contributed by atoms with Crippen LogP contribution in [0.15, 0.2) is 40.8 Å². The molecule has 0 bridgehead atoms. The Morgan fingerprint density at radius 1 is 0.971 bits per heavy atom. The van der Waals surface area contributed by atoms with Crippen LogP contribution >= 0.6 is 0 Å². The summed E-state index contributed by atoms with van der Waals surface area (Å²) in [7, 11) is 0. The van der Waals surface area contributed by atoms with Crippen LogP contribution in [0.3, 0.4) is 0 Å². The van der Waals surface area contributed by atoms with Crippen molar-refractivity contribution in [2.75, 3.05) is 6.61 Å². The molecule has 2 aromatic carbocycles. The highest BCUT2D eigenvalue weighted by atomic mass is 16.7.